The molecule has 0 amide bonds. The highest BCUT2D eigenvalue weighted by Crippen LogP contribution is 2.32. The van der Waals surface area contributed by atoms with Crippen LogP contribution in [0.1, 0.15) is 25.0 Å². The molecular weight excluding hydrogens is 200 g/mol. The molecule has 0 unspecified atom stereocenters. The van der Waals surface area contributed by atoms with Crippen LogP contribution in [0.3, 0.4) is 0 Å². The Labute approximate surface area is 95.5 Å². The Morgan fingerprint density at radius 3 is 2.44 bits per heavy atom. The minimum Gasteiger partial charge on any atom is -0.496 e. The van der Waals surface area contributed by atoms with E-state index >= 15 is 0 Å². The molecular formula is C14H16O2. The Hall–Kier alpha value is -1.54. The first-order valence-corrected chi connectivity index (χ1v) is 5.51. The van der Waals surface area contributed by atoms with Gasteiger partial charge in [-0.2, -0.15) is 0 Å². The molecule has 16 heavy (non-hydrogen) atoms. The Balaban J connectivity index is 2.69. The van der Waals surface area contributed by atoms with Gasteiger partial charge in [0.25, 0.3) is 0 Å². The smallest absolute Gasteiger partial charge is 0.126 e. The highest BCUT2D eigenvalue weighted by molar-refractivity contribution is 5.91. The Kier molecular flexibility index (Phi) is 3.11. The maximum absolute atomic E-state index is 9.95. The first-order chi connectivity index (χ1) is 7.77. The number of rotatable bonds is 3. The van der Waals surface area contributed by atoms with Crippen molar-refractivity contribution in [3.05, 3.63) is 42.0 Å². The van der Waals surface area contributed by atoms with Gasteiger partial charge in [0.05, 0.1) is 13.2 Å². The molecule has 2 nitrogen and oxygen atoms in total. The lowest BCUT2D eigenvalue weighted by molar-refractivity contribution is 0.175. The van der Waals surface area contributed by atoms with E-state index in [-0.39, 0.29) is 0 Å². The number of methoxy groups -OCH3 is 1. The van der Waals surface area contributed by atoms with E-state index in [0.29, 0.717) is 0 Å². The van der Waals surface area contributed by atoms with Crippen molar-refractivity contribution >= 4 is 10.8 Å². The third-order valence-corrected chi connectivity index (χ3v) is 2.88. The Morgan fingerprint density at radius 2 is 1.81 bits per heavy atom. The lowest BCUT2D eigenvalue weighted by atomic mass is 9.98. The third kappa shape index (κ3) is 1.76. The van der Waals surface area contributed by atoms with Gasteiger partial charge in [0.2, 0.25) is 0 Å². The maximum Gasteiger partial charge on any atom is 0.126 e. The van der Waals surface area contributed by atoms with Gasteiger partial charge < -0.3 is 9.84 Å². The fraction of sp³-hybridized carbons (Fsp3) is 0.286. The molecule has 0 radical (unpaired) electrons. The highest BCUT2D eigenvalue weighted by atomic mass is 16.5. The monoisotopic (exact) mass is 216 g/mol. The Bertz CT molecular complexity index is 491. The minimum atomic E-state index is -0.407. The molecule has 2 aromatic rings. The number of ether oxygens (including phenoxy) is 1. The second-order valence-corrected chi connectivity index (χ2v) is 3.83. The summed E-state index contributed by atoms with van der Waals surface area (Å²) in [5.74, 6) is 0.850. The number of fused-ring (bicyclic) bond motifs is 1. The van der Waals surface area contributed by atoms with E-state index in [2.05, 4.69) is 0 Å². The van der Waals surface area contributed by atoms with Crippen LogP contribution < -0.4 is 4.74 Å². The molecule has 1 atom stereocenters. The van der Waals surface area contributed by atoms with Gasteiger partial charge in [0, 0.05) is 5.39 Å². The van der Waals surface area contributed by atoms with Crippen molar-refractivity contribution in [3.8, 4) is 5.75 Å². The summed E-state index contributed by atoms with van der Waals surface area (Å²) in [6.45, 7) is 1.98. The molecule has 0 aliphatic rings. The van der Waals surface area contributed by atoms with Crippen LogP contribution in [0.4, 0.5) is 0 Å². The number of benzene rings is 2. The molecule has 1 N–H and O–H groups in total. The van der Waals surface area contributed by atoms with Gasteiger partial charge in [-0.15, -0.1) is 0 Å². The minimum absolute atomic E-state index is 0.407. The summed E-state index contributed by atoms with van der Waals surface area (Å²) < 4.78 is 5.31. The van der Waals surface area contributed by atoms with Crippen LogP contribution in [-0.2, 0) is 0 Å². The summed E-state index contributed by atoms with van der Waals surface area (Å²) in [5, 5.41) is 12.1. The SMILES string of the molecule is CC[C@H](O)c1ccc(OC)c2ccccc12. The van der Waals surface area contributed by atoms with E-state index in [1.165, 1.54) is 0 Å². The summed E-state index contributed by atoms with van der Waals surface area (Å²) in [6.07, 6.45) is 0.312. The van der Waals surface area contributed by atoms with Gasteiger partial charge >= 0.3 is 0 Å². The van der Waals surface area contributed by atoms with E-state index in [4.69, 9.17) is 4.74 Å². The number of hydrogen-bond donors (Lipinski definition) is 1. The standard InChI is InChI=1S/C14H16O2/c1-3-13(15)11-8-9-14(16-2)12-7-5-4-6-10(11)12/h4-9,13,15H,3H2,1-2H3/t13-/m0/s1. The van der Waals surface area contributed by atoms with E-state index < -0.39 is 6.10 Å². The molecule has 0 fully saturated rings. The molecule has 0 bridgehead atoms. The molecule has 0 spiro atoms. The van der Waals surface area contributed by atoms with Gasteiger partial charge in [-0.25, -0.2) is 0 Å². The molecule has 0 aliphatic heterocycles. The molecule has 2 rings (SSSR count). The molecule has 0 heterocycles. The zero-order valence-electron chi connectivity index (χ0n) is 9.60. The molecule has 2 aromatic carbocycles. The van der Waals surface area contributed by atoms with Gasteiger partial charge in [-0.3, -0.25) is 0 Å². The molecule has 0 aliphatic carbocycles. The predicted molar refractivity (Wildman–Crippen MR) is 65.8 cm³/mol. The second kappa shape index (κ2) is 4.54. The van der Waals surface area contributed by atoms with Gasteiger partial charge in [0.1, 0.15) is 5.75 Å². The van der Waals surface area contributed by atoms with E-state index in [0.717, 1.165) is 28.5 Å². The number of aliphatic hydroxyl groups is 1. The zero-order valence-corrected chi connectivity index (χ0v) is 9.60. The lowest BCUT2D eigenvalue weighted by Crippen LogP contribution is -1.97. The van der Waals surface area contributed by atoms with Crippen molar-refractivity contribution in [1.29, 1.82) is 0 Å². The number of hydrogen-bond acceptors (Lipinski definition) is 2. The summed E-state index contributed by atoms with van der Waals surface area (Å²) in [4.78, 5) is 0. The molecule has 0 saturated heterocycles. The normalized spacial score (nSPS) is 12.7. The topological polar surface area (TPSA) is 29.5 Å². The molecule has 84 valence electrons. The summed E-state index contributed by atoms with van der Waals surface area (Å²) in [7, 11) is 1.66. The van der Waals surface area contributed by atoms with E-state index in [1.54, 1.807) is 7.11 Å². The number of aliphatic hydroxyl groups excluding tert-OH is 1. The summed E-state index contributed by atoms with van der Waals surface area (Å²) in [5.41, 5.74) is 0.971. The largest absolute Gasteiger partial charge is 0.496 e. The van der Waals surface area contributed by atoms with Crippen LogP contribution >= 0.6 is 0 Å². The average molecular weight is 216 g/mol. The molecule has 2 heteroatoms. The van der Waals surface area contributed by atoms with Crippen LogP contribution in [0.5, 0.6) is 5.75 Å². The quantitative estimate of drug-likeness (QED) is 0.853. The van der Waals surface area contributed by atoms with Crippen molar-refractivity contribution in [2.24, 2.45) is 0 Å². The average Bonchev–Trinajstić information content (AvgIpc) is 2.36. The lowest BCUT2D eigenvalue weighted by Gasteiger charge is -2.13. The zero-order chi connectivity index (χ0) is 11.5. The van der Waals surface area contributed by atoms with Crippen molar-refractivity contribution in [2.45, 2.75) is 19.4 Å². The van der Waals surface area contributed by atoms with Gasteiger partial charge in [-0.1, -0.05) is 37.3 Å². The van der Waals surface area contributed by atoms with Gasteiger partial charge in [-0.05, 0) is 23.4 Å². The second-order valence-electron chi connectivity index (χ2n) is 3.83. The van der Waals surface area contributed by atoms with Crippen LogP contribution in [-0.4, -0.2) is 12.2 Å². The highest BCUT2D eigenvalue weighted by Gasteiger charge is 2.11. The van der Waals surface area contributed by atoms with Crippen LogP contribution in [0.25, 0.3) is 10.8 Å². The van der Waals surface area contributed by atoms with E-state index in [1.807, 2.05) is 43.3 Å². The fourth-order valence-electron chi connectivity index (χ4n) is 1.98. The van der Waals surface area contributed by atoms with Crippen LogP contribution in [0.15, 0.2) is 36.4 Å². The van der Waals surface area contributed by atoms with Crippen molar-refractivity contribution in [1.82, 2.24) is 0 Å². The summed E-state index contributed by atoms with van der Waals surface area (Å²) >= 11 is 0. The van der Waals surface area contributed by atoms with Crippen molar-refractivity contribution < 1.29 is 9.84 Å². The first-order valence-electron chi connectivity index (χ1n) is 5.51. The Morgan fingerprint density at radius 1 is 1.12 bits per heavy atom. The third-order valence-electron chi connectivity index (χ3n) is 2.88. The first kappa shape index (κ1) is 11.0. The fourth-order valence-corrected chi connectivity index (χ4v) is 1.98. The van der Waals surface area contributed by atoms with Crippen molar-refractivity contribution in [2.75, 3.05) is 7.11 Å². The molecule has 0 saturated carbocycles. The van der Waals surface area contributed by atoms with Crippen molar-refractivity contribution in [3.63, 3.8) is 0 Å². The molecule has 0 aromatic heterocycles. The van der Waals surface area contributed by atoms with Crippen LogP contribution in [0, 0.1) is 0 Å². The van der Waals surface area contributed by atoms with Crippen LogP contribution in [0.2, 0.25) is 0 Å². The van der Waals surface area contributed by atoms with E-state index in [9.17, 15) is 5.11 Å². The predicted octanol–water partition coefficient (Wildman–Crippen LogP) is 3.29. The maximum atomic E-state index is 9.95. The van der Waals surface area contributed by atoms with Gasteiger partial charge in [0.15, 0.2) is 0 Å². The summed E-state index contributed by atoms with van der Waals surface area (Å²) in [6, 6.07) is 11.8.